The van der Waals surface area contributed by atoms with Gasteiger partial charge in [-0.1, -0.05) is 49.0 Å². The Morgan fingerprint density at radius 3 is 2.69 bits per heavy atom. The van der Waals surface area contributed by atoms with Gasteiger partial charge in [0, 0.05) is 19.6 Å². The van der Waals surface area contributed by atoms with Crippen molar-refractivity contribution in [2.24, 2.45) is 5.92 Å². The Morgan fingerprint density at radius 2 is 1.97 bits per heavy atom. The lowest BCUT2D eigenvalue weighted by atomic mass is 10.0. The molecule has 1 aliphatic rings. The minimum absolute atomic E-state index is 0.0637. The van der Waals surface area contributed by atoms with Gasteiger partial charge in [0.15, 0.2) is 5.16 Å². The Hall–Kier alpha value is -3.13. The van der Waals surface area contributed by atoms with E-state index in [2.05, 4.69) is 6.92 Å². The number of ether oxygens (including phenoxy) is 1. The standard InChI is InChI=1S/C27H31N3O4S/c1-18-8-7-14-29(17-18)24(31)19(2)35-27-28-23-16-21(26(33)34-3)11-12-22(23)25(32)30(27)15-13-20-9-5-4-6-10-20/h4-6,9-12,16,18-19H,7-8,13-15,17H2,1-3H3/t18-,19+/m0/s1. The zero-order chi connectivity index (χ0) is 24.9. The van der Waals surface area contributed by atoms with Gasteiger partial charge in [-0.25, -0.2) is 9.78 Å². The first-order valence-corrected chi connectivity index (χ1v) is 12.9. The number of carbonyl (C=O) groups is 2. The number of aryl methyl sites for hydroxylation is 1. The molecule has 2 aromatic carbocycles. The molecule has 0 N–H and O–H groups in total. The number of nitrogens with zero attached hydrogens (tertiary/aromatic N) is 3. The molecule has 0 bridgehead atoms. The molecule has 4 rings (SSSR count). The van der Waals surface area contributed by atoms with Crippen LogP contribution in [-0.2, 0) is 22.5 Å². The van der Waals surface area contributed by atoms with E-state index >= 15 is 0 Å². The molecule has 35 heavy (non-hydrogen) atoms. The average molecular weight is 494 g/mol. The monoisotopic (exact) mass is 493 g/mol. The molecule has 1 aromatic heterocycles. The predicted molar refractivity (Wildman–Crippen MR) is 138 cm³/mol. The molecule has 2 atom stereocenters. The molecule has 184 valence electrons. The lowest BCUT2D eigenvalue weighted by Crippen LogP contribution is -2.43. The first-order valence-electron chi connectivity index (χ1n) is 12.0. The lowest BCUT2D eigenvalue weighted by molar-refractivity contribution is -0.132. The predicted octanol–water partition coefficient (Wildman–Crippen LogP) is 4.16. The second-order valence-corrected chi connectivity index (χ2v) is 10.4. The van der Waals surface area contributed by atoms with Crippen LogP contribution in [0.5, 0.6) is 0 Å². The number of hydrogen-bond donors (Lipinski definition) is 0. The normalized spacial score (nSPS) is 16.8. The van der Waals surface area contributed by atoms with Gasteiger partial charge in [0.2, 0.25) is 5.91 Å². The van der Waals surface area contributed by atoms with Crippen LogP contribution in [0, 0.1) is 5.92 Å². The summed E-state index contributed by atoms with van der Waals surface area (Å²) in [6, 6.07) is 14.7. The van der Waals surface area contributed by atoms with E-state index in [4.69, 9.17) is 9.72 Å². The van der Waals surface area contributed by atoms with Crippen molar-refractivity contribution in [3.05, 3.63) is 70.0 Å². The van der Waals surface area contributed by atoms with Gasteiger partial charge in [-0.05, 0) is 55.9 Å². The number of likely N-dealkylation sites (tertiary alicyclic amines) is 1. The van der Waals surface area contributed by atoms with Crippen LogP contribution in [0.4, 0.5) is 0 Å². The zero-order valence-corrected chi connectivity index (χ0v) is 21.2. The van der Waals surface area contributed by atoms with Crippen LogP contribution in [0.2, 0.25) is 0 Å². The number of aromatic nitrogens is 2. The van der Waals surface area contributed by atoms with Gasteiger partial charge in [0.1, 0.15) is 0 Å². The van der Waals surface area contributed by atoms with E-state index in [0.29, 0.717) is 40.5 Å². The fraction of sp³-hybridized carbons (Fsp3) is 0.407. The fourth-order valence-electron chi connectivity index (χ4n) is 4.47. The number of thioether (sulfide) groups is 1. The van der Waals surface area contributed by atoms with E-state index < -0.39 is 11.2 Å². The summed E-state index contributed by atoms with van der Waals surface area (Å²) in [4.78, 5) is 45.4. The fourth-order valence-corrected chi connectivity index (χ4v) is 5.49. The maximum atomic E-state index is 13.5. The van der Waals surface area contributed by atoms with Crippen molar-refractivity contribution >= 4 is 34.5 Å². The Labute approximate surface area is 209 Å². The van der Waals surface area contributed by atoms with E-state index in [9.17, 15) is 14.4 Å². The van der Waals surface area contributed by atoms with Crippen LogP contribution < -0.4 is 5.56 Å². The van der Waals surface area contributed by atoms with Gasteiger partial charge < -0.3 is 9.64 Å². The molecule has 8 heteroatoms. The third kappa shape index (κ3) is 5.75. The first kappa shape index (κ1) is 25.0. The van der Waals surface area contributed by atoms with Gasteiger partial charge in [0.05, 0.1) is 28.8 Å². The summed E-state index contributed by atoms with van der Waals surface area (Å²) >= 11 is 1.30. The number of hydrogen-bond acceptors (Lipinski definition) is 6. The number of carbonyl (C=O) groups excluding carboxylic acids is 2. The number of methoxy groups -OCH3 is 1. The molecular weight excluding hydrogens is 462 g/mol. The van der Waals surface area contributed by atoms with E-state index in [1.165, 1.54) is 18.9 Å². The summed E-state index contributed by atoms with van der Waals surface area (Å²) < 4.78 is 6.48. The van der Waals surface area contributed by atoms with Crippen LogP contribution in [0.25, 0.3) is 10.9 Å². The zero-order valence-electron chi connectivity index (χ0n) is 20.4. The Morgan fingerprint density at radius 1 is 1.20 bits per heavy atom. The van der Waals surface area contributed by atoms with Crippen molar-refractivity contribution in [3.63, 3.8) is 0 Å². The maximum Gasteiger partial charge on any atom is 0.337 e. The van der Waals surface area contributed by atoms with Gasteiger partial charge in [-0.2, -0.15) is 0 Å². The molecule has 0 unspecified atom stereocenters. The van der Waals surface area contributed by atoms with Crippen LogP contribution in [-0.4, -0.2) is 51.8 Å². The number of rotatable bonds is 7. The quantitative estimate of drug-likeness (QED) is 0.279. The molecule has 0 radical (unpaired) electrons. The number of esters is 1. The van der Waals surface area contributed by atoms with E-state index in [1.807, 2.05) is 42.2 Å². The number of benzene rings is 2. The molecule has 0 aliphatic carbocycles. The van der Waals surface area contributed by atoms with E-state index in [1.54, 1.807) is 22.8 Å². The second-order valence-electron chi connectivity index (χ2n) is 9.10. The maximum absolute atomic E-state index is 13.5. The van der Waals surface area contributed by atoms with Crippen molar-refractivity contribution in [2.75, 3.05) is 20.2 Å². The first-order chi connectivity index (χ1) is 16.9. The van der Waals surface area contributed by atoms with Crippen molar-refractivity contribution in [1.29, 1.82) is 0 Å². The molecule has 1 aliphatic heterocycles. The molecule has 0 saturated carbocycles. The highest BCUT2D eigenvalue weighted by Gasteiger charge is 2.27. The molecule has 3 aromatic rings. The largest absolute Gasteiger partial charge is 0.465 e. The Bertz CT molecular complexity index is 1270. The topological polar surface area (TPSA) is 81.5 Å². The second kappa shape index (κ2) is 11.1. The van der Waals surface area contributed by atoms with Gasteiger partial charge >= 0.3 is 5.97 Å². The summed E-state index contributed by atoms with van der Waals surface area (Å²) in [5.74, 6) is 0.0669. The minimum Gasteiger partial charge on any atom is -0.465 e. The molecule has 2 heterocycles. The van der Waals surface area contributed by atoms with Crippen LogP contribution in [0.15, 0.2) is 58.5 Å². The number of fused-ring (bicyclic) bond motifs is 1. The summed E-state index contributed by atoms with van der Waals surface area (Å²) in [5.41, 5.74) is 1.68. The highest BCUT2D eigenvalue weighted by atomic mass is 32.2. The molecule has 7 nitrogen and oxygen atoms in total. The molecule has 1 amide bonds. The number of amides is 1. The van der Waals surface area contributed by atoms with Crippen molar-refractivity contribution in [2.45, 2.75) is 50.1 Å². The van der Waals surface area contributed by atoms with Gasteiger partial charge in [0.25, 0.3) is 5.56 Å². The van der Waals surface area contributed by atoms with Gasteiger partial charge in [-0.3, -0.25) is 14.2 Å². The summed E-state index contributed by atoms with van der Waals surface area (Å²) in [7, 11) is 1.32. The summed E-state index contributed by atoms with van der Waals surface area (Å²) in [6.07, 6.45) is 2.81. The van der Waals surface area contributed by atoms with Crippen LogP contribution >= 0.6 is 11.8 Å². The molecule has 0 spiro atoms. The Kier molecular flexibility index (Phi) is 7.90. The Balaban J connectivity index is 1.69. The SMILES string of the molecule is COC(=O)c1ccc2c(=O)n(CCc3ccccc3)c(S[C@H](C)C(=O)N3CCC[C@H](C)C3)nc2c1. The summed E-state index contributed by atoms with van der Waals surface area (Å²) in [6.45, 7) is 6.01. The van der Waals surface area contributed by atoms with Crippen LogP contribution in [0.3, 0.4) is 0 Å². The smallest absolute Gasteiger partial charge is 0.337 e. The van der Waals surface area contributed by atoms with Crippen molar-refractivity contribution < 1.29 is 14.3 Å². The van der Waals surface area contributed by atoms with Crippen molar-refractivity contribution in [3.8, 4) is 0 Å². The number of piperidine rings is 1. The van der Waals surface area contributed by atoms with E-state index in [-0.39, 0.29) is 11.5 Å². The van der Waals surface area contributed by atoms with Crippen LogP contribution in [0.1, 0.15) is 42.6 Å². The molecule has 1 saturated heterocycles. The van der Waals surface area contributed by atoms with Crippen molar-refractivity contribution in [1.82, 2.24) is 14.5 Å². The van der Waals surface area contributed by atoms with E-state index in [0.717, 1.165) is 31.5 Å². The highest BCUT2D eigenvalue weighted by Crippen LogP contribution is 2.26. The van der Waals surface area contributed by atoms with Gasteiger partial charge in [-0.15, -0.1) is 0 Å². The highest BCUT2D eigenvalue weighted by molar-refractivity contribution is 8.00. The minimum atomic E-state index is -0.487. The molecule has 1 fully saturated rings. The third-order valence-electron chi connectivity index (χ3n) is 6.41. The third-order valence-corrected chi connectivity index (χ3v) is 7.48. The lowest BCUT2D eigenvalue weighted by Gasteiger charge is -2.32. The average Bonchev–Trinajstić information content (AvgIpc) is 2.87. The molecular formula is C27H31N3O4S. The summed E-state index contributed by atoms with van der Waals surface area (Å²) in [5, 5.41) is 0.515.